The van der Waals surface area contributed by atoms with Gasteiger partial charge in [-0.25, -0.2) is 9.59 Å². The molecular formula is C22H40MoO10. The number of carbonyl (C=O) groups is 4. The van der Waals surface area contributed by atoms with E-state index in [1.54, 1.807) is 27.7 Å². The first-order valence-electron chi connectivity index (χ1n) is 10.5. The molecule has 0 saturated heterocycles. The van der Waals surface area contributed by atoms with Crippen molar-refractivity contribution in [3.8, 4) is 0 Å². The number of carbonyl (C=O) groups excluding carboxylic acids is 2. The second kappa shape index (κ2) is 14.7. The van der Waals surface area contributed by atoms with Gasteiger partial charge >= 0.3 is 23.9 Å². The Labute approximate surface area is 210 Å². The zero-order valence-corrected chi connectivity index (χ0v) is 22.9. The van der Waals surface area contributed by atoms with E-state index in [2.05, 4.69) is 9.78 Å². The van der Waals surface area contributed by atoms with Gasteiger partial charge in [-0.05, 0) is 64.2 Å². The SMILES string of the molecule is CC(C)(CCCC(=O)OO)C(C)(C)C(=O)O.CC(C)(CCCC(=O)OO)C(C)(C)C(=O)O.[Mo]. The van der Waals surface area contributed by atoms with E-state index in [9.17, 15) is 19.2 Å². The van der Waals surface area contributed by atoms with Crippen LogP contribution in [0.4, 0.5) is 0 Å². The van der Waals surface area contributed by atoms with E-state index in [0.29, 0.717) is 25.7 Å². The smallest absolute Gasteiger partial charge is 0.342 e. The first-order valence-corrected chi connectivity index (χ1v) is 10.5. The standard InChI is InChI=1S/2C11H20O5.Mo/c2*1-10(2,11(3,4)9(13)14)7-5-6-8(12)16-15;/h2*15H,5-7H2,1-4H3,(H,13,14);. The predicted molar refractivity (Wildman–Crippen MR) is 116 cm³/mol. The van der Waals surface area contributed by atoms with E-state index in [-0.39, 0.29) is 33.9 Å². The predicted octanol–water partition coefficient (Wildman–Crippen LogP) is 4.62. The third kappa shape index (κ3) is 11.4. The molecule has 33 heavy (non-hydrogen) atoms. The molecule has 0 fully saturated rings. The first-order chi connectivity index (χ1) is 14.3. The summed E-state index contributed by atoms with van der Waals surface area (Å²) in [6, 6.07) is 0. The van der Waals surface area contributed by atoms with Crippen molar-refractivity contribution in [3.05, 3.63) is 0 Å². The average Bonchev–Trinajstić information content (AvgIpc) is 2.67. The van der Waals surface area contributed by atoms with E-state index in [0.717, 1.165) is 0 Å². The molecule has 0 aliphatic rings. The molecule has 0 bridgehead atoms. The van der Waals surface area contributed by atoms with E-state index >= 15 is 0 Å². The molecule has 0 aliphatic carbocycles. The van der Waals surface area contributed by atoms with Crippen LogP contribution >= 0.6 is 0 Å². The second-order valence-electron chi connectivity index (χ2n) is 10.3. The molecule has 11 heteroatoms. The fourth-order valence-corrected chi connectivity index (χ4v) is 2.64. The molecule has 0 spiro atoms. The largest absolute Gasteiger partial charge is 0.481 e. The fourth-order valence-electron chi connectivity index (χ4n) is 2.64. The molecule has 0 aromatic heterocycles. The third-order valence-electron chi connectivity index (χ3n) is 7.02. The summed E-state index contributed by atoms with van der Waals surface area (Å²) in [7, 11) is 0. The van der Waals surface area contributed by atoms with Crippen molar-refractivity contribution in [1.82, 2.24) is 0 Å². The molecule has 10 nitrogen and oxygen atoms in total. The van der Waals surface area contributed by atoms with Crippen LogP contribution in [0.15, 0.2) is 0 Å². The molecule has 0 radical (unpaired) electrons. The minimum Gasteiger partial charge on any atom is -0.481 e. The maximum Gasteiger partial charge on any atom is 0.342 e. The van der Waals surface area contributed by atoms with E-state index in [4.69, 9.17) is 20.7 Å². The average molecular weight is 560 g/mol. The molecule has 0 heterocycles. The summed E-state index contributed by atoms with van der Waals surface area (Å²) >= 11 is 0. The van der Waals surface area contributed by atoms with Crippen LogP contribution in [0.1, 0.15) is 93.9 Å². The second-order valence-corrected chi connectivity index (χ2v) is 10.3. The van der Waals surface area contributed by atoms with Crippen LogP contribution in [0, 0.1) is 21.7 Å². The van der Waals surface area contributed by atoms with E-state index < -0.39 is 45.5 Å². The van der Waals surface area contributed by atoms with Crippen LogP contribution in [0.5, 0.6) is 0 Å². The Morgan fingerprint density at radius 1 is 0.606 bits per heavy atom. The summed E-state index contributed by atoms with van der Waals surface area (Å²) in [4.78, 5) is 50.6. The Bertz CT molecular complexity index is 598. The normalized spacial score (nSPS) is 11.9. The van der Waals surface area contributed by atoms with Crippen molar-refractivity contribution >= 4 is 23.9 Å². The van der Waals surface area contributed by atoms with Gasteiger partial charge in [0.15, 0.2) is 0 Å². The topological polar surface area (TPSA) is 168 Å². The molecule has 0 rings (SSSR count). The first kappa shape index (κ1) is 36.1. The van der Waals surface area contributed by atoms with Crippen molar-refractivity contribution < 1.29 is 70.7 Å². The van der Waals surface area contributed by atoms with Gasteiger partial charge < -0.3 is 20.0 Å². The number of hydrogen-bond donors (Lipinski definition) is 4. The van der Waals surface area contributed by atoms with Crippen LogP contribution in [-0.2, 0) is 50.0 Å². The molecule has 0 amide bonds. The Morgan fingerprint density at radius 2 is 0.848 bits per heavy atom. The van der Waals surface area contributed by atoms with Crippen molar-refractivity contribution in [2.45, 2.75) is 93.9 Å². The van der Waals surface area contributed by atoms with Crippen molar-refractivity contribution in [2.24, 2.45) is 21.7 Å². The number of hydrogen-bond acceptors (Lipinski definition) is 8. The summed E-state index contributed by atoms with van der Waals surface area (Å²) in [6.45, 7) is 14.1. The van der Waals surface area contributed by atoms with Gasteiger partial charge in [-0.15, -0.1) is 0 Å². The van der Waals surface area contributed by atoms with Crippen LogP contribution in [-0.4, -0.2) is 44.6 Å². The Hall–Kier alpha value is -1.51. The molecule has 0 atom stereocenters. The summed E-state index contributed by atoms with van der Waals surface area (Å²) < 4.78 is 0. The van der Waals surface area contributed by atoms with Crippen molar-refractivity contribution in [2.75, 3.05) is 0 Å². The molecule has 4 N–H and O–H groups in total. The summed E-state index contributed by atoms with van der Waals surface area (Å²) in [5, 5.41) is 34.3. The van der Waals surface area contributed by atoms with Crippen LogP contribution < -0.4 is 0 Å². The van der Waals surface area contributed by atoms with Gasteiger partial charge in [0.25, 0.3) is 0 Å². The third-order valence-corrected chi connectivity index (χ3v) is 7.02. The maximum absolute atomic E-state index is 11.1. The molecule has 0 aliphatic heterocycles. The zero-order valence-electron chi connectivity index (χ0n) is 20.9. The van der Waals surface area contributed by atoms with E-state index in [1.807, 2.05) is 27.7 Å². The molecule has 0 unspecified atom stereocenters. The number of aliphatic carboxylic acids is 2. The number of carboxylic acids is 2. The van der Waals surface area contributed by atoms with Gasteiger partial charge in [-0.1, -0.05) is 27.7 Å². The van der Waals surface area contributed by atoms with Crippen LogP contribution in [0.2, 0.25) is 0 Å². The monoisotopic (exact) mass is 562 g/mol. The van der Waals surface area contributed by atoms with Gasteiger partial charge in [0.2, 0.25) is 0 Å². The molecule has 194 valence electrons. The molecule has 0 aromatic rings. The van der Waals surface area contributed by atoms with E-state index in [1.165, 1.54) is 0 Å². The van der Waals surface area contributed by atoms with Crippen molar-refractivity contribution in [1.29, 1.82) is 0 Å². The van der Waals surface area contributed by atoms with Crippen molar-refractivity contribution in [3.63, 3.8) is 0 Å². The minimum absolute atomic E-state index is 0. The maximum atomic E-state index is 11.1. The number of carboxylic acid groups (broad SMARTS) is 2. The Kier molecular flexibility index (Phi) is 16.0. The van der Waals surface area contributed by atoms with Crippen LogP contribution in [0.3, 0.4) is 0 Å². The zero-order chi connectivity index (χ0) is 26.0. The Morgan fingerprint density at radius 3 is 1.03 bits per heavy atom. The quantitative estimate of drug-likeness (QED) is 0.150. The fraction of sp³-hybridized carbons (Fsp3) is 0.818. The summed E-state index contributed by atoms with van der Waals surface area (Å²) in [5.41, 5.74) is -2.60. The number of rotatable bonds is 12. The molecule has 0 saturated carbocycles. The van der Waals surface area contributed by atoms with Gasteiger partial charge in [-0.3, -0.25) is 9.59 Å². The Balaban J connectivity index is -0.000000529. The summed E-state index contributed by atoms with van der Waals surface area (Å²) in [5.74, 6) is -3.10. The minimum atomic E-state index is -0.865. The molecular weight excluding hydrogens is 520 g/mol. The van der Waals surface area contributed by atoms with Gasteiger partial charge in [0.1, 0.15) is 0 Å². The van der Waals surface area contributed by atoms with Gasteiger partial charge in [0, 0.05) is 33.9 Å². The summed E-state index contributed by atoms with van der Waals surface area (Å²) in [6.07, 6.45) is 2.31. The van der Waals surface area contributed by atoms with Gasteiger partial charge in [0.05, 0.1) is 10.8 Å². The van der Waals surface area contributed by atoms with Gasteiger partial charge in [-0.2, -0.15) is 10.5 Å². The molecule has 0 aromatic carbocycles. The van der Waals surface area contributed by atoms with Crippen LogP contribution in [0.25, 0.3) is 0 Å².